The zero-order valence-electron chi connectivity index (χ0n) is 16.4. The fourth-order valence-corrected chi connectivity index (χ4v) is 4.02. The Bertz CT molecular complexity index is 1050. The molecule has 1 aliphatic heterocycles. The van der Waals surface area contributed by atoms with Crippen molar-refractivity contribution in [2.45, 2.75) is 25.3 Å². The lowest BCUT2D eigenvalue weighted by molar-refractivity contribution is -0.134. The number of benzene rings is 2. The SMILES string of the molecule is CCOC(=O)c1cccc(NC(=O)CN2C(=O)NC3(CCc4ccccc43)C2=O)c1. The van der Waals surface area contributed by atoms with Crippen molar-refractivity contribution in [1.82, 2.24) is 10.2 Å². The van der Waals surface area contributed by atoms with Gasteiger partial charge >= 0.3 is 12.0 Å². The van der Waals surface area contributed by atoms with Crippen LogP contribution >= 0.6 is 0 Å². The van der Waals surface area contributed by atoms with Crippen LogP contribution in [0.5, 0.6) is 0 Å². The summed E-state index contributed by atoms with van der Waals surface area (Å²) in [5.74, 6) is -1.46. The van der Waals surface area contributed by atoms with E-state index in [0.717, 1.165) is 16.0 Å². The number of ether oxygens (including phenoxy) is 1. The number of carbonyl (C=O) groups excluding carboxylic acids is 4. The van der Waals surface area contributed by atoms with Gasteiger partial charge in [0.25, 0.3) is 5.91 Å². The van der Waals surface area contributed by atoms with E-state index in [4.69, 9.17) is 4.74 Å². The van der Waals surface area contributed by atoms with E-state index in [1.807, 2.05) is 24.3 Å². The smallest absolute Gasteiger partial charge is 0.338 e. The molecule has 1 saturated heterocycles. The Morgan fingerprint density at radius 3 is 2.77 bits per heavy atom. The highest BCUT2D eigenvalue weighted by molar-refractivity contribution is 6.11. The van der Waals surface area contributed by atoms with E-state index in [0.29, 0.717) is 24.1 Å². The fourth-order valence-electron chi connectivity index (χ4n) is 4.02. The maximum absolute atomic E-state index is 13.1. The molecule has 1 spiro atoms. The first-order valence-electron chi connectivity index (χ1n) is 9.74. The Kier molecular flexibility index (Phi) is 4.99. The predicted molar refractivity (Wildman–Crippen MR) is 108 cm³/mol. The molecular formula is C22H21N3O5. The molecule has 0 aromatic heterocycles. The third-order valence-electron chi connectivity index (χ3n) is 5.38. The standard InChI is InChI=1S/C22H21N3O5/c1-2-30-19(27)15-7-5-8-16(12-15)23-18(26)13-25-20(28)22(24-21(25)29)11-10-14-6-3-4-9-17(14)22/h3-9,12H,2,10-11,13H2,1H3,(H,23,26)(H,24,29). The summed E-state index contributed by atoms with van der Waals surface area (Å²) >= 11 is 0. The van der Waals surface area contributed by atoms with Crippen molar-refractivity contribution in [3.63, 3.8) is 0 Å². The fraction of sp³-hybridized carbons (Fsp3) is 0.273. The first kappa shape index (κ1) is 19.6. The van der Waals surface area contributed by atoms with E-state index in [1.54, 1.807) is 25.1 Å². The monoisotopic (exact) mass is 407 g/mol. The van der Waals surface area contributed by atoms with Crippen LogP contribution in [0.2, 0.25) is 0 Å². The van der Waals surface area contributed by atoms with Crippen LogP contribution in [0.15, 0.2) is 48.5 Å². The zero-order valence-corrected chi connectivity index (χ0v) is 16.4. The number of hydrogen-bond acceptors (Lipinski definition) is 5. The van der Waals surface area contributed by atoms with Gasteiger partial charge in [0.1, 0.15) is 12.1 Å². The first-order chi connectivity index (χ1) is 14.4. The van der Waals surface area contributed by atoms with Crippen LogP contribution < -0.4 is 10.6 Å². The molecule has 2 aromatic rings. The Morgan fingerprint density at radius 2 is 1.97 bits per heavy atom. The van der Waals surface area contributed by atoms with E-state index in [9.17, 15) is 19.2 Å². The number of nitrogens with zero attached hydrogens (tertiary/aromatic N) is 1. The van der Waals surface area contributed by atoms with Crippen molar-refractivity contribution in [2.75, 3.05) is 18.5 Å². The normalized spacial score (nSPS) is 19.6. The molecule has 0 bridgehead atoms. The number of imide groups is 1. The van der Waals surface area contributed by atoms with Gasteiger partial charge in [0.05, 0.1) is 12.2 Å². The van der Waals surface area contributed by atoms with Crippen molar-refractivity contribution in [1.29, 1.82) is 0 Å². The van der Waals surface area contributed by atoms with Crippen LogP contribution in [0, 0.1) is 0 Å². The minimum absolute atomic E-state index is 0.243. The van der Waals surface area contributed by atoms with Gasteiger partial charge in [0.2, 0.25) is 5.91 Å². The number of hydrogen-bond donors (Lipinski definition) is 2. The summed E-state index contributed by atoms with van der Waals surface area (Å²) in [4.78, 5) is 50.9. The number of fused-ring (bicyclic) bond motifs is 2. The van der Waals surface area contributed by atoms with Crippen LogP contribution in [-0.2, 0) is 26.3 Å². The third-order valence-corrected chi connectivity index (χ3v) is 5.38. The van der Waals surface area contributed by atoms with Gasteiger partial charge in [-0.15, -0.1) is 0 Å². The van der Waals surface area contributed by atoms with Gasteiger partial charge in [0.15, 0.2) is 0 Å². The second-order valence-corrected chi connectivity index (χ2v) is 7.23. The summed E-state index contributed by atoms with van der Waals surface area (Å²) in [6, 6.07) is 13.2. The average molecular weight is 407 g/mol. The number of esters is 1. The van der Waals surface area contributed by atoms with E-state index < -0.39 is 35.9 Å². The van der Waals surface area contributed by atoms with E-state index in [2.05, 4.69) is 10.6 Å². The van der Waals surface area contributed by atoms with Gasteiger partial charge in [-0.05, 0) is 49.1 Å². The van der Waals surface area contributed by atoms with Gasteiger partial charge in [0, 0.05) is 5.69 Å². The molecule has 2 aromatic carbocycles. The quantitative estimate of drug-likeness (QED) is 0.584. The van der Waals surface area contributed by atoms with Gasteiger partial charge in [-0.1, -0.05) is 30.3 Å². The van der Waals surface area contributed by atoms with Crippen molar-refractivity contribution < 1.29 is 23.9 Å². The molecule has 1 fully saturated rings. The van der Waals surface area contributed by atoms with E-state index in [-0.39, 0.29) is 6.61 Å². The van der Waals surface area contributed by atoms with Gasteiger partial charge in [-0.2, -0.15) is 0 Å². The van der Waals surface area contributed by atoms with Crippen molar-refractivity contribution in [2.24, 2.45) is 0 Å². The number of rotatable bonds is 5. The van der Waals surface area contributed by atoms with E-state index in [1.165, 1.54) is 6.07 Å². The Hall–Kier alpha value is -3.68. The number of anilines is 1. The second-order valence-electron chi connectivity index (χ2n) is 7.23. The molecule has 1 unspecified atom stereocenters. The molecule has 1 atom stereocenters. The molecule has 0 saturated carbocycles. The van der Waals surface area contributed by atoms with Gasteiger partial charge in [-0.25, -0.2) is 9.59 Å². The Balaban J connectivity index is 1.47. The molecule has 4 rings (SSSR count). The van der Waals surface area contributed by atoms with Gasteiger partial charge < -0.3 is 15.4 Å². The molecule has 1 heterocycles. The lowest BCUT2D eigenvalue weighted by Crippen LogP contribution is -2.43. The molecule has 8 heteroatoms. The van der Waals surface area contributed by atoms with Crippen molar-refractivity contribution in [3.8, 4) is 0 Å². The minimum atomic E-state index is -1.10. The number of aryl methyl sites for hydroxylation is 1. The Labute approximate surface area is 173 Å². The molecule has 1 aliphatic carbocycles. The summed E-state index contributed by atoms with van der Waals surface area (Å²) in [5, 5.41) is 5.41. The number of carbonyl (C=O) groups is 4. The highest BCUT2D eigenvalue weighted by atomic mass is 16.5. The predicted octanol–water partition coefficient (Wildman–Crippen LogP) is 2.20. The summed E-state index contributed by atoms with van der Waals surface area (Å²) in [6.45, 7) is 1.53. The number of urea groups is 1. The van der Waals surface area contributed by atoms with Crippen molar-refractivity contribution in [3.05, 3.63) is 65.2 Å². The molecule has 4 amide bonds. The van der Waals surface area contributed by atoms with Crippen LogP contribution in [0.25, 0.3) is 0 Å². The third kappa shape index (κ3) is 3.30. The molecule has 0 radical (unpaired) electrons. The number of nitrogens with one attached hydrogen (secondary N) is 2. The topological polar surface area (TPSA) is 105 Å². The molecule has 2 aliphatic rings. The average Bonchev–Trinajstić information content (AvgIpc) is 3.22. The molecule has 30 heavy (non-hydrogen) atoms. The highest BCUT2D eigenvalue weighted by Gasteiger charge is 2.55. The summed E-state index contributed by atoms with van der Waals surface area (Å²) in [6.07, 6.45) is 1.15. The summed E-state index contributed by atoms with van der Waals surface area (Å²) in [5.41, 5.74) is 1.38. The van der Waals surface area contributed by atoms with Crippen LogP contribution in [-0.4, -0.2) is 41.9 Å². The van der Waals surface area contributed by atoms with Crippen LogP contribution in [0.4, 0.5) is 10.5 Å². The molecule has 2 N–H and O–H groups in total. The zero-order chi connectivity index (χ0) is 21.3. The second kappa shape index (κ2) is 7.62. The molecule has 154 valence electrons. The highest BCUT2D eigenvalue weighted by Crippen LogP contribution is 2.41. The molecule has 8 nitrogen and oxygen atoms in total. The Morgan fingerprint density at radius 1 is 1.17 bits per heavy atom. The maximum atomic E-state index is 13.1. The lowest BCUT2D eigenvalue weighted by atomic mass is 9.92. The first-order valence-corrected chi connectivity index (χ1v) is 9.74. The van der Waals surface area contributed by atoms with Gasteiger partial charge in [-0.3, -0.25) is 14.5 Å². The van der Waals surface area contributed by atoms with Crippen molar-refractivity contribution >= 4 is 29.5 Å². The van der Waals surface area contributed by atoms with E-state index >= 15 is 0 Å². The lowest BCUT2D eigenvalue weighted by Gasteiger charge is -2.22. The summed E-state index contributed by atoms with van der Waals surface area (Å²) < 4.78 is 4.95. The largest absolute Gasteiger partial charge is 0.462 e. The maximum Gasteiger partial charge on any atom is 0.338 e. The minimum Gasteiger partial charge on any atom is -0.462 e. The summed E-state index contributed by atoms with van der Waals surface area (Å²) in [7, 11) is 0. The molecular weight excluding hydrogens is 386 g/mol. The number of amides is 4. The van der Waals surface area contributed by atoms with Crippen LogP contribution in [0.1, 0.15) is 34.8 Å². The van der Waals surface area contributed by atoms with Crippen LogP contribution in [0.3, 0.4) is 0 Å².